The standard InChI is InChI=1S/C20H24N2O4/c1-20(13-23,19(24)25)10-16-12-22(11-14-5-3-2-4-6-14)17-9-15(21)7-8-18(17)26-16/h2-9,16,23H,10-13,21H2,1H3,(H,24,25). The van der Waals surface area contributed by atoms with Crippen molar-refractivity contribution in [1.29, 1.82) is 0 Å². The van der Waals surface area contributed by atoms with E-state index in [1.54, 1.807) is 13.0 Å². The van der Waals surface area contributed by atoms with Gasteiger partial charge in [0.05, 0.1) is 24.3 Å². The highest BCUT2D eigenvalue weighted by Gasteiger charge is 2.38. The first-order valence-corrected chi connectivity index (χ1v) is 8.60. The van der Waals surface area contributed by atoms with Gasteiger partial charge in [0, 0.05) is 18.7 Å². The van der Waals surface area contributed by atoms with Crippen LogP contribution in [0.25, 0.3) is 0 Å². The molecule has 2 atom stereocenters. The molecule has 26 heavy (non-hydrogen) atoms. The van der Waals surface area contributed by atoms with Crippen LogP contribution in [-0.2, 0) is 11.3 Å². The molecule has 3 rings (SSSR count). The van der Waals surface area contributed by atoms with Gasteiger partial charge in [-0.05, 0) is 30.7 Å². The van der Waals surface area contributed by atoms with Crippen LogP contribution >= 0.6 is 0 Å². The van der Waals surface area contributed by atoms with Crippen LogP contribution in [0.3, 0.4) is 0 Å². The number of ether oxygens (including phenoxy) is 1. The summed E-state index contributed by atoms with van der Waals surface area (Å²) in [5.74, 6) is -0.349. The molecule has 2 unspecified atom stereocenters. The first-order valence-electron chi connectivity index (χ1n) is 8.60. The van der Waals surface area contributed by atoms with Crippen molar-refractivity contribution in [2.24, 2.45) is 5.41 Å². The fourth-order valence-corrected chi connectivity index (χ4v) is 3.22. The molecule has 0 radical (unpaired) electrons. The van der Waals surface area contributed by atoms with Crippen molar-refractivity contribution < 1.29 is 19.7 Å². The van der Waals surface area contributed by atoms with Crippen LogP contribution in [0.4, 0.5) is 11.4 Å². The monoisotopic (exact) mass is 356 g/mol. The van der Waals surface area contributed by atoms with Crippen LogP contribution in [0.5, 0.6) is 5.75 Å². The van der Waals surface area contributed by atoms with Gasteiger partial charge in [-0.2, -0.15) is 0 Å². The van der Waals surface area contributed by atoms with Crippen molar-refractivity contribution in [3.63, 3.8) is 0 Å². The normalized spacial score (nSPS) is 18.5. The van der Waals surface area contributed by atoms with E-state index >= 15 is 0 Å². The number of rotatable bonds is 6. The van der Waals surface area contributed by atoms with Gasteiger partial charge in [0.1, 0.15) is 11.9 Å². The third-order valence-corrected chi connectivity index (χ3v) is 4.80. The van der Waals surface area contributed by atoms with Gasteiger partial charge >= 0.3 is 5.97 Å². The summed E-state index contributed by atoms with van der Waals surface area (Å²) in [6.07, 6.45) is -0.128. The first kappa shape index (κ1) is 18.1. The summed E-state index contributed by atoms with van der Waals surface area (Å²) >= 11 is 0. The number of anilines is 2. The molecule has 0 bridgehead atoms. The number of nitrogens with two attached hydrogens (primary N) is 1. The molecule has 1 heterocycles. The predicted molar refractivity (Wildman–Crippen MR) is 100 cm³/mol. The highest BCUT2D eigenvalue weighted by Crippen LogP contribution is 2.38. The largest absolute Gasteiger partial charge is 0.486 e. The Morgan fingerprint density at radius 1 is 1.31 bits per heavy atom. The lowest BCUT2D eigenvalue weighted by Crippen LogP contribution is -2.45. The van der Waals surface area contributed by atoms with Gasteiger partial charge in [-0.25, -0.2) is 0 Å². The Balaban J connectivity index is 1.88. The molecule has 6 nitrogen and oxygen atoms in total. The van der Waals surface area contributed by atoms with Crippen molar-refractivity contribution in [1.82, 2.24) is 0 Å². The van der Waals surface area contributed by atoms with E-state index in [1.165, 1.54) is 0 Å². The fraction of sp³-hybridized carbons (Fsp3) is 0.350. The van der Waals surface area contributed by atoms with Crippen LogP contribution in [0, 0.1) is 5.41 Å². The Labute approximate surface area is 152 Å². The summed E-state index contributed by atoms with van der Waals surface area (Å²) in [6.45, 7) is 2.29. The van der Waals surface area contributed by atoms with Crippen LogP contribution in [0.1, 0.15) is 18.9 Å². The number of aliphatic hydroxyl groups is 1. The number of carboxylic acids is 1. The molecule has 0 aliphatic carbocycles. The minimum atomic E-state index is -1.24. The lowest BCUT2D eigenvalue weighted by molar-refractivity contribution is -0.152. The lowest BCUT2D eigenvalue weighted by atomic mass is 9.84. The van der Waals surface area contributed by atoms with Gasteiger partial charge < -0.3 is 25.6 Å². The third kappa shape index (κ3) is 3.75. The number of nitrogen functional groups attached to an aromatic ring is 1. The summed E-state index contributed by atoms with van der Waals surface area (Å²) in [5, 5.41) is 19.0. The molecule has 0 amide bonds. The molecular formula is C20H24N2O4. The Kier molecular flexibility index (Phi) is 5.04. The number of benzene rings is 2. The van der Waals surface area contributed by atoms with Crippen molar-refractivity contribution >= 4 is 17.3 Å². The second-order valence-electron chi connectivity index (χ2n) is 7.06. The van der Waals surface area contributed by atoms with E-state index in [-0.39, 0.29) is 12.5 Å². The van der Waals surface area contributed by atoms with Crippen LogP contribution in [-0.4, -0.2) is 35.4 Å². The van der Waals surface area contributed by atoms with Crippen LogP contribution < -0.4 is 15.4 Å². The molecule has 138 valence electrons. The average Bonchev–Trinajstić information content (AvgIpc) is 2.63. The molecular weight excluding hydrogens is 332 g/mol. The molecule has 1 aliphatic heterocycles. The van der Waals surface area contributed by atoms with E-state index in [0.717, 1.165) is 11.3 Å². The summed E-state index contributed by atoms with van der Waals surface area (Å²) < 4.78 is 6.03. The minimum absolute atomic E-state index is 0.216. The van der Waals surface area contributed by atoms with Crippen molar-refractivity contribution in [2.45, 2.75) is 26.0 Å². The zero-order valence-electron chi connectivity index (χ0n) is 14.8. The SMILES string of the molecule is CC(CO)(CC1CN(Cc2ccccc2)c2cc(N)ccc2O1)C(=O)O. The smallest absolute Gasteiger partial charge is 0.311 e. The topological polar surface area (TPSA) is 96.0 Å². The van der Waals surface area contributed by atoms with Crippen LogP contribution in [0.2, 0.25) is 0 Å². The van der Waals surface area contributed by atoms with Gasteiger partial charge in [0.15, 0.2) is 0 Å². The van der Waals surface area contributed by atoms with E-state index in [4.69, 9.17) is 10.5 Å². The van der Waals surface area contributed by atoms with E-state index in [0.29, 0.717) is 24.5 Å². The fourth-order valence-electron chi connectivity index (χ4n) is 3.22. The quantitative estimate of drug-likeness (QED) is 0.688. The van der Waals surface area contributed by atoms with E-state index in [9.17, 15) is 15.0 Å². The number of fused-ring (bicyclic) bond motifs is 1. The van der Waals surface area contributed by atoms with E-state index in [2.05, 4.69) is 4.90 Å². The predicted octanol–water partition coefficient (Wildman–Crippen LogP) is 2.51. The third-order valence-electron chi connectivity index (χ3n) is 4.80. The van der Waals surface area contributed by atoms with E-state index in [1.807, 2.05) is 42.5 Å². The molecule has 1 aliphatic rings. The van der Waals surface area contributed by atoms with Gasteiger partial charge in [-0.1, -0.05) is 30.3 Å². The number of carbonyl (C=O) groups is 1. The lowest BCUT2D eigenvalue weighted by Gasteiger charge is -2.39. The zero-order valence-corrected chi connectivity index (χ0v) is 14.8. The highest BCUT2D eigenvalue weighted by atomic mass is 16.5. The number of carboxylic acid groups (broad SMARTS) is 1. The summed E-state index contributed by atoms with van der Waals surface area (Å²) in [5.41, 5.74) is 7.39. The van der Waals surface area contributed by atoms with Gasteiger partial charge in [0.25, 0.3) is 0 Å². The second-order valence-corrected chi connectivity index (χ2v) is 7.06. The minimum Gasteiger partial charge on any atom is -0.486 e. The summed E-state index contributed by atoms with van der Waals surface area (Å²) in [7, 11) is 0. The molecule has 6 heteroatoms. The number of aliphatic hydroxyl groups excluding tert-OH is 1. The maximum Gasteiger partial charge on any atom is 0.311 e. The molecule has 0 saturated heterocycles. The Bertz CT molecular complexity index is 781. The van der Waals surface area contributed by atoms with E-state index < -0.39 is 18.0 Å². The van der Waals surface area contributed by atoms with Crippen molar-refractivity contribution in [3.05, 3.63) is 54.1 Å². The number of nitrogens with zero attached hydrogens (tertiary/aromatic N) is 1. The van der Waals surface area contributed by atoms with Crippen molar-refractivity contribution in [3.8, 4) is 5.75 Å². The molecule has 0 fully saturated rings. The van der Waals surface area contributed by atoms with Gasteiger partial charge in [-0.15, -0.1) is 0 Å². The first-order chi connectivity index (χ1) is 12.4. The Morgan fingerprint density at radius 3 is 2.69 bits per heavy atom. The van der Waals surface area contributed by atoms with Gasteiger partial charge in [-0.3, -0.25) is 4.79 Å². The van der Waals surface area contributed by atoms with Crippen molar-refractivity contribution in [2.75, 3.05) is 23.8 Å². The average molecular weight is 356 g/mol. The maximum atomic E-state index is 11.5. The molecule has 2 aromatic carbocycles. The molecule has 4 N–H and O–H groups in total. The second kappa shape index (κ2) is 7.25. The summed E-state index contributed by atoms with van der Waals surface area (Å²) in [4.78, 5) is 13.7. The Morgan fingerprint density at radius 2 is 2.04 bits per heavy atom. The number of aliphatic carboxylic acids is 1. The molecule has 2 aromatic rings. The van der Waals surface area contributed by atoms with Gasteiger partial charge in [0.2, 0.25) is 0 Å². The Hall–Kier alpha value is -2.73. The maximum absolute atomic E-state index is 11.5. The highest BCUT2D eigenvalue weighted by molar-refractivity contribution is 5.74. The van der Waals surface area contributed by atoms with Crippen LogP contribution in [0.15, 0.2) is 48.5 Å². The zero-order chi connectivity index (χ0) is 18.7. The molecule has 0 aromatic heterocycles. The number of hydrogen-bond acceptors (Lipinski definition) is 5. The number of hydrogen-bond donors (Lipinski definition) is 3. The summed E-state index contributed by atoms with van der Waals surface area (Å²) in [6, 6.07) is 15.5. The molecule has 0 saturated carbocycles. The molecule has 0 spiro atoms.